The Labute approximate surface area is 93.3 Å². The minimum Gasteiger partial charge on any atom is -0.366 e. The molecule has 0 aliphatic heterocycles. The Morgan fingerprint density at radius 1 is 1.62 bits per heavy atom. The minimum absolute atomic E-state index is 0.000510. The van der Waals surface area contributed by atoms with Crippen LogP contribution < -0.4 is 11.1 Å². The molecule has 0 radical (unpaired) electrons. The Kier molecular flexibility index (Phi) is 4.41. The molecule has 3 N–H and O–H groups in total. The lowest BCUT2D eigenvalue weighted by atomic mass is 10.2. The first-order chi connectivity index (χ1) is 7.65. The number of nitrogens with one attached hydrogen (secondary N) is 1. The van der Waals surface area contributed by atoms with Gasteiger partial charge in [-0.25, -0.2) is 4.98 Å². The fourth-order valence-corrected chi connectivity index (χ4v) is 1.18. The first kappa shape index (κ1) is 12.1. The average Bonchev–Trinajstić information content (AvgIpc) is 2.26. The van der Waals surface area contributed by atoms with Crippen LogP contribution in [0, 0.1) is 17.0 Å². The van der Waals surface area contributed by atoms with Crippen molar-refractivity contribution in [3.05, 3.63) is 40.1 Å². The summed E-state index contributed by atoms with van der Waals surface area (Å²) in [5.74, 6) is 0.646. The van der Waals surface area contributed by atoms with Gasteiger partial charge in [-0.2, -0.15) is 0 Å². The fourth-order valence-electron chi connectivity index (χ4n) is 1.18. The summed E-state index contributed by atoms with van der Waals surface area (Å²) in [4.78, 5) is 14.0. The van der Waals surface area contributed by atoms with Crippen molar-refractivity contribution in [2.45, 2.75) is 6.92 Å². The van der Waals surface area contributed by atoms with Gasteiger partial charge >= 0.3 is 0 Å². The van der Waals surface area contributed by atoms with E-state index in [1.807, 2.05) is 12.2 Å². The number of nitrogens with zero attached hydrogens (tertiary/aromatic N) is 2. The fraction of sp³-hybridized carbons (Fsp3) is 0.300. The molecule has 0 aliphatic rings. The molecule has 0 aliphatic carbocycles. The molecule has 0 saturated heterocycles. The third kappa shape index (κ3) is 3.32. The first-order valence-corrected chi connectivity index (χ1v) is 4.85. The number of nitrogens with two attached hydrogens (primary N) is 1. The zero-order valence-electron chi connectivity index (χ0n) is 9.01. The Hall–Kier alpha value is -1.95. The normalized spacial score (nSPS) is 10.6. The van der Waals surface area contributed by atoms with Gasteiger partial charge in [0.15, 0.2) is 0 Å². The highest BCUT2D eigenvalue weighted by atomic mass is 16.6. The van der Waals surface area contributed by atoms with E-state index in [0.29, 0.717) is 18.9 Å². The topological polar surface area (TPSA) is 94.1 Å². The van der Waals surface area contributed by atoms with E-state index >= 15 is 0 Å². The first-order valence-electron chi connectivity index (χ1n) is 4.85. The van der Waals surface area contributed by atoms with Crippen molar-refractivity contribution >= 4 is 11.5 Å². The molecular formula is C10H14N4O2. The summed E-state index contributed by atoms with van der Waals surface area (Å²) in [5.41, 5.74) is 6.03. The Morgan fingerprint density at radius 2 is 2.38 bits per heavy atom. The SMILES string of the molecule is Cc1cc([N+](=O)[O-])cnc1NC/C=C/CN. The molecule has 0 aromatic carbocycles. The van der Waals surface area contributed by atoms with Gasteiger partial charge in [0.2, 0.25) is 0 Å². The van der Waals surface area contributed by atoms with Crippen molar-refractivity contribution in [2.75, 3.05) is 18.4 Å². The van der Waals surface area contributed by atoms with Crippen LogP contribution in [0.1, 0.15) is 5.56 Å². The molecule has 0 fully saturated rings. The molecule has 6 heteroatoms. The second-order valence-electron chi connectivity index (χ2n) is 3.20. The van der Waals surface area contributed by atoms with Crippen LogP contribution in [0.15, 0.2) is 24.4 Å². The second-order valence-corrected chi connectivity index (χ2v) is 3.20. The minimum atomic E-state index is -0.460. The van der Waals surface area contributed by atoms with Crippen LogP contribution in [0.25, 0.3) is 0 Å². The van der Waals surface area contributed by atoms with Crippen LogP contribution in [0.5, 0.6) is 0 Å². The molecular weight excluding hydrogens is 208 g/mol. The summed E-state index contributed by atoms with van der Waals surface area (Å²) in [6, 6.07) is 1.49. The molecule has 86 valence electrons. The standard InChI is InChI=1S/C10H14N4O2/c1-8-6-9(14(15)16)7-13-10(8)12-5-3-2-4-11/h2-3,6-7H,4-5,11H2,1H3,(H,12,13)/b3-2+. The summed E-state index contributed by atoms with van der Waals surface area (Å²) in [6.45, 7) is 2.87. The van der Waals surface area contributed by atoms with Gasteiger partial charge in [-0.05, 0) is 12.5 Å². The van der Waals surface area contributed by atoms with Crippen molar-refractivity contribution in [1.29, 1.82) is 0 Å². The zero-order valence-corrected chi connectivity index (χ0v) is 9.01. The van der Waals surface area contributed by atoms with Gasteiger partial charge in [-0.15, -0.1) is 0 Å². The number of rotatable bonds is 5. The van der Waals surface area contributed by atoms with Gasteiger partial charge in [0.25, 0.3) is 5.69 Å². The molecule has 0 bridgehead atoms. The highest BCUT2D eigenvalue weighted by molar-refractivity contribution is 5.48. The number of aromatic nitrogens is 1. The van der Waals surface area contributed by atoms with E-state index in [0.717, 1.165) is 5.56 Å². The molecule has 1 heterocycles. The van der Waals surface area contributed by atoms with Crippen molar-refractivity contribution in [3.63, 3.8) is 0 Å². The summed E-state index contributed by atoms with van der Waals surface area (Å²) in [7, 11) is 0. The molecule has 0 unspecified atom stereocenters. The molecule has 0 atom stereocenters. The number of aryl methyl sites for hydroxylation is 1. The van der Waals surface area contributed by atoms with Crippen molar-refractivity contribution in [3.8, 4) is 0 Å². The van der Waals surface area contributed by atoms with Gasteiger partial charge in [0, 0.05) is 19.2 Å². The number of hydrogen-bond acceptors (Lipinski definition) is 5. The lowest BCUT2D eigenvalue weighted by Gasteiger charge is -2.05. The van der Waals surface area contributed by atoms with E-state index in [9.17, 15) is 10.1 Å². The van der Waals surface area contributed by atoms with Gasteiger partial charge < -0.3 is 11.1 Å². The Bertz CT molecular complexity index is 404. The van der Waals surface area contributed by atoms with E-state index in [1.54, 1.807) is 6.92 Å². The highest BCUT2D eigenvalue weighted by Gasteiger charge is 2.08. The Balaban J connectivity index is 2.68. The maximum atomic E-state index is 10.5. The average molecular weight is 222 g/mol. The third-order valence-electron chi connectivity index (χ3n) is 1.96. The van der Waals surface area contributed by atoms with Crippen LogP contribution >= 0.6 is 0 Å². The van der Waals surface area contributed by atoms with Crippen LogP contribution in [0.4, 0.5) is 11.5 Å². The van der Waals surface area contributed by atoms with Gasteiger partial charge in [0.1, 0.15) is 12.0 Å². The monoisotopic (exact) mass is 222 g/mol. The molecule has 0 saturated carbocycles. The Morgan fingerprint density at radius 3 is 2.94 bits per heavy atom. The molecule has 1 rings (SSSR count). The summed E-state index contributed by atoms with van der Waals surface area (Å²) in [6.07, 6.45) is 4.94. The number of nitro groups is 1. The maximum Gasteiger partial charge on any atom is 0.287 e. The number of anilines is 1. The van der Waals surface area contributed by atoms with Gasteiger partial charge in [-0.3, -0.25) is 10.1 Å². The molecule has 1 aromatic rings. The summed E-state index contributed by atoms with van der Waals surface area (Å²) in [5, 5.41) is 13.5. The number of pyridine rings is 1. The van der Waals surface area contributed by atoms with Crippen LogP contribution in [0.2, 0.25) is 0 Å². The van der Waals surface area contributed by atoms with E-state index in [1.165, 1.54) is 12.3 Å². The molecule has 0 amide bonds. The van der Waals surface area contributed by atoms with E-state index < -0.39 is 4.92 Å². The van der Waals surface area contributed by atoms with Crippen LogP contribution in [0.3, 0.4) is 0 Å². The van der Waals surface area contributed by atoms with Gasteiger partial charge in [-0.1, -0.05) is 12.2 Å². The number of hydrogen-bond donors (Lipinski definition) is 2. The van der Waals surface area contributed by atoms with Crippen LogP contribution in [-0.4, -0.2) is 23.0 Å². The summed E-state index contributed by atoms with van der Waals surface area (Å²) >= 11 is 0. The smallest absolute Gasteiger partial charge is 0.287 e. The lowest BCUT2D eigenvalue weighted by molar-refractivity contribution is -0.385. The third-order valence-corrected chi connectivity index (χ3v) is 1.96. The van der Waals surface area contributed by atoms with Crippen molar-refractivity contribution in [2.24, 2.45) is 5.73 Å². The predicted molar refractivity (Wildman–Crippen MR) is 62.3 cm³/mol. The molecule has 16 heavy (non-hydrogen) atoms. The maximum absolute atomic E-state index is 10.5. The van der Waals surface area contributed by atoms with Crippen molar-refractivity contribution < 1.29 is 4.92 Å². The molecule has 0 spiro atoms. The van der Waals surface area contributed by atoms with E-state index in [4.69, 9.17) is 5.73 Å². The predicted octanol–water partition coefficient (Wildman–Crippen LogP) is 1.23. The quantitative estimate of drug-likeness (QED) is 0.444. The molecule has 6 nitrogen and oxygen atoms in total. The summed E-state index contributed by atoms with van der Waals surface area (Å²) < 4.78 is 0. The zero-order chi connectivity index (χ0) is 12.0. The second kappa shape index (κ2) is 5.82. The van der Waals surface area contributed by atoms with E-state index in [-0.39, 0.29) is 5.69 Å². The highest BCUT2D eigenvalue weighted by Crippen LogP contribution is 2.17. The van der Waals surface area contributed by atoms with Gasteiger partial charge in [0.05, 0.1) is 4.92 Å². The van der Waals surface area contributed by atoms with Crippen LogP contribution in [-0.2, 0) is 0 Å². The van der Waals surface area contributed by atoms with Crippen molar-refractivity contribution in [1.82, 2.24) is 4.98 Å². The largest absolute Gasteiger partial charge is 0.366 e. The molecule has 1 aromatic heterocycles. The lowest BCUT2D eigenvalue weighted by Crippen LogP contribution is -2.04. The van der Waals surface area contributed by atoms with E-state index in [2.05, 4.69) is 10.3 Å².